The Kier molecular flexibility index (Phi) is 9.21. The van der Waals surface area contributed by atoms with E-state index < -0.39 is 0 Å². The maximum atomic E-state index is 6.10. The number of rotatable bonds is 8. The van der Waals surface area contributed by atoms with Crippen LogP contribution in [0.3, 0.4) is 0 Å². The average Bonchev–Trinajstić information content (AvgIpc) is 3.85. The molecule has 1 aliphatic rings. The lowest BCUT2D eigenvalue weighted by molar-refractivity contribution is 0.660. The zero-order valence-electron chi connectivity index (χ0n) is 36.4. The summed E-state index contributed by atoms with van der Waals surface area (Å²) in [5.41, 5.74) is 22.3. The minimum atomic E-state index is -0.184. The number of fused-ring (bicyclic) bond motifs is 6. The van der Waals surface area contributed by atoms with Crippen molar-refractivity contribution in [1.29, 1.82) is 0 Å². The first-order chi connectivity index (χ1) is 32.0. The zero-order chi connectivity index (χ0) is 43.5. The highest BCUT2D eigenvalue weighted by molar-refractivity contribution is 6.06. The molecule has 0 radical (unpaired) electrons. The van der Waals surface area contributed by atoms with Crippen LogP contribution in [-0.4, -0.2) is 0 Å². The number of benzene rings is 10. The summed E-state index contributed by atoms with van der Waals surface area (Å²) in [6.45, 7) is 4.74. The first kappa shape index (κ1) is 38.5. The number of hydrogen-bond acceptors (Lipinski definition) is 2. The molecule has 1 heterocycles. The first-order valence-corrected chi connectivity index (χ1v) is 22.5. The normalized spacial score (nSPS) is 12.6. The minimum absolute atomic E-state index is 0.184. The molecule has 0 fully saturated rings. The van der Waals surface area contributed by atoms with E-state index in [0.29, 0.717) is 0 Å². The molecule has 0 N–H and O–H groups in total. The largest absolute Gasteiger partial charge is 0.456 e. The van der Waals surface area contributed by atoms with Gasteiger partial charge in [0.15, 0.2) is 0 Å². The fourth-order valence-corrected chi connectivity index (χ4v) is 10.1. The van der Waals surface area contributed by atoms with Crippen molar-refractivity contribution in [3.8, 4) is 66.8 Å². The Balaban J connectivity index is 0.905. The van der Waals surface area contributed by atoms with Crippen molar-refractivity contribution in [2.75, 3.05) is 4.90 Å². The number of furan rings is 1. The van der Waals surface area contributed by atoms with Crippen molar-refractivity contribution in [3.05, 3.63) is 248 Å². The van der Waals surface area contributed by atoms with Crippen LogP contribution < -0.4 is 4.90 Å². The van der Waals surface area contributed by atoms with Gasteiger partial charge in [-0.2, -0.15) is 0 Å². The number of anilines is 3. The highest BCUT2D eigenvalue weighted by Crippen LogP contribution is 2.52. The van der Waals surface area contributed by atoms with Gasteiger partial charge in [-0.1, -0.05) is 190 Å². The standard InChI is InChI=1S/C63H45NO/c1-63(2)59-40-49(42-13-5-3-6-14-42)29-36-55(59)56-37-35-52(41-60(56)63)64(51-33-27-47(28-34-51)54-18-10-9-17-53(54)46-15-7-4-8-16-46)50-31-25-44(26-32-50)43-21-23-45(24-22-43)48-30-38-62-58(39-48)57-19-11-12-20-61(57)65-62/h3-41H,1-2H3. The van der Waals surface area contributed by atoms with Crippen molar-refractivity contribution in [3.63, 3.8) is 0 Å². The molecule has 11 aromatic rings. The molecule has 0 aliphatic heterocycles. The van der Waals surface area contributed by atoms with Gasteiger partial charge in [0.2, 0.25) is 0 Å². The Morgan fingerprint density at radius 3 is 1.37 bits per heavy atom. The number of hydrogen-bond donors (Lipinski definition) is 0. The van der Waals surface area contributed by atoms with E-state index in [0.717, 1.165) is 39.0 Å². The lowest BCUT2D eigenvalue weighted by Crippen LogP contribution is -2.16. The van der Waals surface area contributed by atoms with Crippen molar-refractivity contribution in [2.24, 2.45) is 0 Å². The van der Waals surface area contributed by atoms with E-state index in [9.17, 15) is 0 Å². The molecule has 10 aromatic carbocycles. The van der Waals surface area contributed by atoms with E-state index in [2.05, 4.69) is 243 Å². The van der Waals surface area contributed by atoms with Gasteiger partial charge in [0.25, 0.3) is 0 Å². The third-order valence-electron chi connectivity index (χ3n) is 13.5. The van der Waals surface area contributed by atoms with Gasteiger partial charge in [-0.15, -0.1) is 0 Å². The average molecular weight is 832 g/mol. The van der Waals surface area contributed by atoms with E-state index in [4.69, 9.17) is 4.42 Å². The molecule has 308 valence electrons. The summed E-state index contributed by atoms with van der Waals surface area (Å²) < 4.78 is 6.10. The van der Waals surface area contributed by atoms with Crippen molar-refractivity contribution in [2.45, 2.75) is 19.3 Å². The molecule has 12 rings (SSSR count). The molecule has 0 saturated heterocycles. The monoisotopic (exact) mass is 831 g/mol. The zero-order valence-corrected chi connectivity index (χ0v) is 36.4. The molecule has 1 aromatic heterocycles. The van der Waals surface area contributed by atoms with Crippen LogP contribution in [0.1, 0.15) is 25.0 Å². The Morgan fingerprint density at radius 1 is 0.292 bits per heavy atom. The van der Waals surface area contributed by atoms with E-state index in [1.54, 1.807) is 0 Å². The third-order valence-corrected chi connectivity index (χ3v) is 13.5. The molecule has 0 atom stereocenters. The van der Waals surface area contributed by atoms with Gasteiger partial charge in [0.05, 0.1) is 0 Å². The van der Waals surface area contributed by atoms with Crippen molar-refractivity contribution < 1.29 is 4.42 Å². The molecule has 0 saturated carbocycles. The molecule has 2 heteroatoms. The second-order valence-electron chi connectivity index (χ2n) is 17.7. The Morgan fingerprint density at radius 2 is 0.708 bits per heavy atom. The topological polar surface area (TPSA) is 16.4 Å². The maximum absolute atomic E-state index is 6.10. The summed E-state index contributed by atoms with van der Waals surface area (Å²) in [5, 5.41) is 2.29. The van der Waals surface area contributed by atoms with Crippen molar-refractivity contribution >= 4 is 39.0 Å². The summed E-state index contributed by atoms with van der Waals surface area (Å²) in [6.07, 6.45) is 0. The predicted molar refractivity (Wildman–Crippen MR) is 273 cm³/mol. The number of nitrogens with zero attached hydrogens (tertiary/aromatic N) is 1. The maximum Gasteiger partial charge on any atom is 0.135 e. The number of para-hydroxylation sites is 1. The predicted octanol–water partition coefficient (Wildman–Crippen LogP) is 17.7. The molecule has 1 aliphatic carbocycles. The molecular weight excluding hydrogens is 787 g/mol. The summed E-state index contributed by atoms with van der Waals surface area (Å²) >= 11 is 0. The van der Waals surface area contributed by atoms with Crippen LogP contribution in [0, 0.1) is 0 Å². The second kappa shape index (κ2) is 15.6. The Hall–Kier alpha value is -8.20. The van der Waals surface area contributed by atoms with Crippen LogP contribution in [-0.2, 0) is 5.41 Å². The van der Waals surface area contributed by atoms with Gasteiger partial charge < -0.3 is 9.32 Å². The summed E-state index contributed by atoms with van der Waals surface area (Å²) in [4.78, 5) is 2.41. The fraction of sp³-hybridized carbons (Fsp3) is 0.0476. The molecule has 0 unspecified atom stereocenters. The summed E-state index contributed by atoms with van der Waals surface area (Å²) in [7, 11) is 0. The van der Waals surface area contributed by atoms with Gasteiger partial charge in [-0.05, 0) is 139 Å². The SMILES string of the molecule is CC1(C)c2cc(-c3ccccc3)ccc2-c2ccc(N(c3ccc(-c4ccc(-c5ccc6oc7ccccc7c6c5)cc4)cc3)c3ccc(-c4ccccc4-c4ccccc4)cc3)cc21. The second-order valence-corrected chi connectivity index (χ2v) is 17.7. The van der Waals surface area contributed by atoms with Crippen LogP contribution in [0.4, 0.5) is 17.1 Å². The minimum Gasteiger partial charge on any atom is -0.456 e. The van der Waals surface area contributed by atoms with Crippen LogP contribution in [0.2, 0.25) is 0 Å². The van der Waals surface area contributed by atoms with E-state index in [1.807, 2.05) is 12.1 Å². The van der Waals surface area contributed by atoms with Gasteiger partial charge in [-0.25, -0.2) is 0 Å². The fourth-order valence-electron chi connectivity index (χ4n) is 10.1. The highest BCUT2D eigenvalue weighted by atomic mass is 16.3. The van der Waals surface area contributed by atoms with Crippen molar-refractivity contribution in [1.82, 2.24) is 0 Å². The lowest BCUT2D eigenvalue weighted by atomic mass is 9.81. The molecule has 0 spiro atoms. The van der Waals surface area contributed by atoms with Gasteiger partial charge in [0.1, 0.15) is 11.2 Å². The molecule has 0 amide bonds. The van der Waals surface area contributed by atoms with Gasteiger partial charge in [0, 0.05) is 33.2 Å². The Labute approximate surface area is 380 Å². The van der Waals surface area contributed by atoms with E-state index in [1.165, 1.54) is 77.9 Å². The molecular formula is C63H45NO. The van der Waals surface area contributed by atoms with Crippen LogP contribution >= 0.6 is 0 Å². The first-order valence-electron chi connectivity index (χ1n) is 22.5. The van der Waals surface area contributed by atoms with Gasteiger partial charge in [-0.3, -0.25) is 0 Å². The van der Waals surface area contributed by atoms with Crippen LogP contribution in [0.25, 0.3) is 88.7 Å². The Bertz CT molecular complexity index is 3530. The molecule has 65 heavy (non-hydrogen) atoms. The highest BCUT2D eigenvalue weighted by Gasteiger charge is 2.36. The van der Waals surface area contributed by atoms with E-state index in [-0.39, 0.29) is 5.41 Å². The molecule has 0 bridgehead atoms. The third kappa shape index (κ3) is 6.74. The van der Waals surface area contributed by atoms with E-state index >= 15 is 0 Å². The quantitative estimate of drug-likeness (QED) is 0.152. The smallest absolute Gasteiger partial charge is 0.135 e. The molecule has 2 nitrogen and oxygen atoms in total. The van der Waals surface area contributed by atoms with Gasteiger partial charge >= 0.3 is 0 Å². The lowest BCUT2D eigenvalue weighted by Gasteiger charge is -2.28. The summed E-state index contributed by atoms with van der Waals surface area (Å²) in [6, 6.07) is 85.9. The summed E-state index contributed by atoms with van der Waals surface area (Å²) in [5.74, 6) is 0. The van der Waals surface area contributed by atoms with Crippen LogP contribution in [0.15, 0.2) is 241 Å². The van der Waals surface area contributed by atoms with Crippen LogP contribution in [0.5, 0.6) is 0 Å².